The number of carbonyl (C=O) groups is 1. The molecule has 3 nitrogen and oxygen atoms in total. The minimum atomic E-state index is 0.179. The van der Waals surface area contributed by atoms with Crippen molar-refractivity contribution in [3.8, 4) is 0 Å². The Morgan fingerprint density at radius 1 is 1.19 bits per heavy atom. The van der Waals surface area contributed by atoms with Gasteiger partial charge in [-0.3, -0.25) is 4.79 Å². The second-order valence-corrected chi connectivity index (χ2v) is 5.01. The van der Waals surface area contributed by atoms with Gasteiger partial charge in [-0.05, 0) is 38.0 Å². The predicted molar refractivity (Wildman–Crippen MR) is 67.3 cm³/mol. The Morgan fingerprint density at radius 3 is 2.50 bits per heavy atom. The summed E-state index contributed by atoms with van der Waals surface area (Å²) < 4.78 is 0. The van der Waals surface area contributed by atoms with Gasteiger partial charge >= 0.3 is 0 Å². The van der Waals surface area contributed by atoms with E-state index in [2.05, 4.69) is 24.5 Å². The molecular weight excluding hydrogens is 200 g/mol. The molecule has 1 aliphatic carbocycles. The van der Waals surface area contributed by atoms with Gasteiger partial charge in [0.05, 0.1) is 0 Å². The summed E-state index contributed by atoms with van der Waals surface area (Å²) in [4.78, 5) is 11.3. The van der Waals surface area contributed by atoms with Crippen molar-refractivity contribution >= 4 is 5.91 Å². The maximum atomic E-state index is 11.3. The lowest BCUT2D eigenvalue weighted by Gasteiger charge is -2.26. The van der Waals surface area contributed by atoms with Crippen molar-refractivity contribution in [2.75, 3.05) is 13.1 Å². The first-order valence-corrected chi connectivity index (χ1v) is 6.72. The highest BCUT2D eigenvalue weighted by atomic mass is 16.1. The van der Waals surface area contributed by atoms with E-state index in [4.69, 9.17) is 0 Å². The fourth-order valence-corrected chi connectivity index (χ4v) is 2.21. The van der Waals surface area contributed by atoms with Gasteiger partial charge in [0.2, 0.25) is 5.91 Å². The van der Waals surface area contributed by atoms with Gasteiger partial charge < -0.3 is 10.6 Å². The van der Waals surface area contributed by atoms with Gasteiger partial charge in [-0.1, -0.05) is 13.8 Å². The minimum Gasteiger partial charge on any atom is -0.356 e. The van der Waals surface area contributed by atoms with Crippen LogP contribution in [0.25, 0.3) is 0 Å². The number of carbonyl (C=O) groups excluding carboxylic acids is 1. The van der Waals surface area contributed by atoms with E-state index in [0.717, 1.165) is 25.4 Å². The molecule has 1 rings (SSSR count). The van der Waals surface area contributed by atoms with Crippen LogP contribution in [0.5, 0.6) is 0 Å². The molecule has 0 aromatic carbocycles. The Morgan fingerprint density at radius 2 is 1.88 bits per heavy atom. The molecule has 0 spiro atoms. The van der Waals surface area contributed by atoms with Gasteiger partial charge in [-0.25, -0.2) is 0 Å². The predicted octanol–water partition coefficient (Wildman–Crippen LogP) is 2.07. The van der Waals surface area contributed by atoms with Crippen molar-refractivity contribution in [3.05, 3.63) is 0 Å². The zero-order chi connectivity index (χ0) is 11.8. The highest BCUT2D eigenvalue weighted by molar-refractivity contribution is 5.75. The average molecular weight is 226 g/mol. The molecule has 0 aromatic rings. The summed E-state index contributed by atoms with van der Waals surface area (Å²) in [5.41, 5.74) is 0. The van der Waals surface area contributed by atoms with E-state index in [1.165, 1.54) is 25.7 Å². The monoisotopic (exact) mass is 226 g/mol. The summed E-state index contributed by atoms with van der Waals surface area (Å²) in [6, 6.07) is 0.648. The fourth-order valence-electron chi connectivity index (χ4n) is 2.21. The van der Waals surface area contributed by atoms with E-state index in [1.54, 1.807) is 0 Å². The smallest absolute Gasteiger partial charge is 0.221 e. The summed E-state index contributed by atoms with van der Waals surface area (Å²) in [7, 11) is 0. The molecule has 0 saturated heterocycles. The zero-order valence-corrected chi connectivity index (χ0v) is 10.7. The standard InChI is InChI=1S/C13H26N2O/c1-3-9-15-13(16)8-10-14-12-6-4-11(2)5-7-12/h11-12,14H,3-10H2,1-2H3,(H,15,16). The second-order valence-electron chi connectivity index (χ2n) is 5.01. The van der Waals surface area contributed by atoms with Crippen LogP contribution in [0.4, 0.5) is 0 Å². The molecule has 3 heteroatoms. The number of hydrogen-bond acceptors (Lipinski definition) is 2. The van der Waals surface area contributed by atoms with Crippen LogP contribution in [-0.4, -0.2) is 25.0 Å². The highest BCUT2D eigenvalue weighted by Crippen LogP contribution is 2.23. The van der Waals surface area contributed by atoms with Gasteiger partial charge in [0.25, 0.3) is 0 Å². The number of hydrogen-bond donors (Lipinski definition) is 2. The summed E-state index contributed by atoms with van der Waals surface area (Å²) in [5.74, 6) is 1.07. The summed E-state index contributed by atoms with van der Waals surface area (Å²) >= 11 is 0. The Labute approximate surface area is 99.4 Å². The lowest BCUT2D eigenvalue weighted by atomic mass is 9.87. The quantitative estimate of drug-likeness (QED) is 0.728. The van der Waals surface area contributed by atoms with Crippen molar-refractivity contribution in [2.24, 2.45) is 5.92 Å². The molecule has 0 bridgehead atoms. The summed E-state index contributed by atoms with van der Waals surface area (Å²) in [6.45, 7) is 6.03. The van der Waals surface area contributed by atoms with E-state index in [0.29, 0.717) is 12.5 Å². The Hall–Kier alpha value is -0.570. The van der Waals surface area contributed by atoms with E-state index in [9.17, 15) is 4.79 Å². The molecule has 0 aliphatic heterocycles. The molecule has 0 unspecified atom stereocenters. The van der Waals surface area contributed by atoms with Crippen LogP contribution in [0.1, 0.15) is 52.4 Å². The SMILES string of the molecule is CCCNC(=O)CCNC1CCC(C)CC1. The Kier molecular flexibility index (Phi) is 6.46. The molecule has 94 valence electrons. The van der Waals surface area contributed by atoms with Gasteiger partial charge in [0.1, 0.15) is 0 Å². The Bertz CT molecular complexity index is 198. The van der Waals surface area contributed by atoms with Crippen LogP contribution in [0.3, 0.4) is 0 Å². The first-order valence-electron chi connectivity index (χ1n) is 6.72. The van der Waals surface area contributed by atoms with Gasteiger partial charge in [-0.15, -0.1) is 0 Å². The van der Waals surface area contributed by atoms with Crippen LogP contribution in [0.2, 0.25) is 0 Å². The number of rotatable bonds is 6. The molecule has 0 heterocycles. The first kappa shape index (κ1) is 13.5. The minimum absolute atomic E-state index is 0.179. The maximum absolute atomic E-state index is 11.3. The van der Waals surface area contributed by atoms with E-state index in [-0.39, 0.29) is 5.91 Å². The fraction of sp³-hybridized carbons (Fsp3) is 0.923. The van der Waals surface area contributed by atoms with Crippen molar-refractivity contribution in [3.63, 3.8) is 0 Å². The van der Waals surface area contributed by atoms with Gasteiger partial charge in [0, 0.05) is 25.6 Å². The lowest BCUT2D eigenvalue weighted by Crippen LogP contribution is -2.36. The lowest BCUT2D eigenvalue weighted by molar-refractivity contribution is -0.121. The molecule has 16 heavy (non-hydrogen) atoms. The average Bonchev–Trinajstić information content (AvgIpc) is 2.29. The molecule has 2 N–H and O–H groups in total. The molecule has 1 aliphatic rings. The first-order chi connectivity index (χ1) is 7.72. The molecule has 0 radical (unpaired) electrons. The normalized spacial score (nSPS) is 25.4. The maximum Gasteiger partial charge on any atom is 0.221 e. The topological polar surface area (TPSA) is 41.1 Å². The van der Waals surface area contributed by atoms with Crippen LogP contribution < -0.4 is 10.6 Å². The van der Waals surface area contributed by atoms with Crippen molar-refractivity contribution in [1.82, 2.24) is 10.6 Å². The zero-order valence-electron chi connectivity index (χ0n) is 10.7. The third-order valence-electron chi connectivity index (χ3n) is 3.37. The van der Waals surface area contributed by atoms with Crippen LogP contribution in [0.15, 0.2) is 0 Å². The molecule has 1 fully saturated rings. The Balaban J connectivity index is 2.00. The van der Waals surface area contributed by atoms with Crippen molar-refractivity contribution < 1.29 is 4.79 Å². The molecule has 0 atom stereocenters. The van der Waals surface area contributed by atoms with E-state index < -0.39 is 0 Å². The third kappa shape index (κ3) is 5.50. The number of amides is 1. The highest BCUT2D eigenvalue weighted by Gasteiger charge is 2.17. The van der Waals surface area contributed by atoms with Crippen molar-refractivity contribution in [2.45, 2.75) is 58.4 Å². The largest absolute Gasteiger partial charge is 0.356 e. The molecular formula is C13H26N2O. The van der Waals surface area contributed by atoms with Crippen LogP contribution in [-0.2, 0) is 4.79 Å². The summed E-state index contributed by atoms with van der Waals surface area (Å²) in [6.07, 6.45) is 6.85. The van der Waals surface area contributed by atoms with E-state index in [1.807, 2.05) is 0 Å². The molecule has 0 aromatic heterocycles. The third-order valence-corrected chi connectivity index (χ3v) is 3.37. The van der Waals surface area contributed by atoms with E-state index >= 15 is 0 Å². The molecule has 1 amide bonds. The van der Waals surface area contributed by atoms with Crippen LogP contribution >= 0.6 is 0 Å². The number of nitrogens with one attached hydrogen (secondary N) is 2. The van der Waals surface area contributed by atoms with Crippen LogP contribution in [0, 0.1) is 5.92 Å². The molecule has 1 saturated carbocycles. The van der Waals surface area contributed by atoms with Crippen molar-refractivity contribution in [1.29, 1.82) is 0 Å². The van der Waals surface area contributed by atoms with Gasteiger partial charge in [0.15, 0.2) is 0 Å². The summed E-state index contributed by atoms with van der Waals surface area (Å²) in [5, 5.41) is 6.39. The van der Waals surface area contributed by atoms with Gasteiger partial charge in [-0.2, -0.15) is 0 Å². The second kappa shape index (κ2) is 7.66.